The van der Waals surface area contributed by atoms with E-state index in [0.29, 0.717) is 5.41 Å². The third-order valence-corrected chi connectivity index (χ3v) is 4.64. The van der Waals surface area contributed by atoms with Gasteiger partial charge in [0.05, 0.1) is 12.7 Å². The van der Waals surface area contributed by atoms with E-state index in [9.17, 15) is 0 Å². The molecule has 0 fully saturated rings. The fourth-order valence-corrected chi connectivity index (χ4v) is 3.18. The molecule has 1 unspecified atom stereocenters. The smallest absolute Gasteiger partial charge is 0.0813 e. The van der Waals surface area contributed by atoms with Crippen LogP contribution in [0.15, 0.2) is 0 Å². The van der Waals surface area contributed by atoms with E-state index in [2.05, 4.69) is 34.6 Å². The van der Waals surface area contributed by atoms with Gasteiger partial charge in [0.2, 0.25) is 0 Å². The largest absolute Gasteiger partial charge is 0.379 e. The molecule has 0 spiro atoms. The molecule has 0 aliphatic carbocycles. The Morgan fingerprint density at radius 1 is 0.640 bits per heavy atom. The summed E-state index contributed by atoms with van der Waals surface area (Å²) in [5.74, 6) is 0. The van der Waals surface area contributed by atoms with Crippen LogP contribution >= 0.6 is 0 Å². The van der Waals surface area contributed by atoms with Crippen molar-refractivity contribution >= 4 is 0 Å². The van der Waals surface area contributed by atoms with E-state index in [0.717, 1.165) is 26.2 Å². The molecule has 0 aromatic heterocycles. The molecular formula is C23H48O2. The van der Waals surface area contributed by atoms with Crippen LogP contribution in [0.1, 0.15) is 118 Å². The summed E-state index contributed by atoms with van der Waals surface area (Å²) in [4.78, 5) is 0. The van der Waals surface area contributed by atoms with E-state index < -0.39 is 0 Å². The Kier molecular flexibility index (Phi) is 17.3. The molecule has 0 bridgehead atoms. The van der Waals surface area contributed by atoms with Gasteiger partial charge in [-0.2, -0.15) is 0 Å². The molecule has 0 aliphatic heterocycles. The average molecular weight is 357 g/mol. The van der Waals surface area contributed by atoms with Crippen molar-refractivity contribution in [1.29, 1.82) is 0 Å². The Morgan fingerprint density at radius 3 is 1.64 bits per heavy atom. The zero-order valence-electron chi connectivity index (χ0n) is 18.2. The Morgan fingerprint density at radius 2 is 1.12 bits per heavy atom. The van der Waals surface area contributed by atoms with Gasteiger partial charge in [-0.05, 0) is 24.7 Å². The minimum Gasteiger partial charge on any atom is -0.379 e. The molecule has 0 aromatic rings. The molecule has 0 radical (unpaired) electrons. The normalized spacial score (nSPS) is 13.3. The summed E-state index contributed by atoms with van der Waals surface area (Å²) < 4.78 is 12.1. The zero-order chi connectivity index (χ0) is 18.8. The maximum Gasteiger partial charge on any atom is 0.0813 e. The van der Waals surface area contributed by atoms with Crippen molar-refractivity contribution in [2.24, 2.45) is 5.41 Å². The van der Waals surface area contributed by atoms with E-state index in [-0.39, 0.29) is 6.10 Å². The first-order chi connectivity index (χ1) is 12.0. The number of ether oxygens (including phenoxy) is 2. The van der Waals surface area contributed by atoms with Crippen LogP contribution in [0.3, 0.4) is 0 Å². The minimum absolute atomic E-state index is 0.260. The number of unbranched alkanes of at least 4 members (excludes halogenated alkanes) is 10. The summed E-state index contributed by atoms with van der Waals surface area (Å²) in [6.45, 7) is 14.0. The molecule has 0 N–H and O–H groups in total. The van der Waals surface area contributed by atoms with E-state index in [1.54, 1.807) is 0 Å². The first kappa shape index (κ1) is 24.9. The van der Waals surface area contributed by atoms with Crippen LogP contribution < -0.4 is 0 Å². The van der Waals surface area contributed by atoms with Crippen molar-refractivity contribution in [1.82, 2.24) is 0 Å². The van der Waals surface area contributed by atoms with Crippen molar-refractivity contribution in [3.8, 4) is 0 Å². The maximum atomic E-state index is 6.16. The number of hydrogen-bond donors (Lipinski definition) is 0. The van der Waals surface area contributed by atoms with Gasteiger partial charge in [0, 0.05) is 13.2 Å². The van der Waals surface area contributed by atoms with Crippen molar-refractivity contribution in [2.45, 2.75) is 124 Å². The lowest BCUT2D eigenvalue weighted by atomic mass is 9.89. The Labute approximate surface area is 159 Å². The summed E-state index contributed by atoms with van der Waals surface area (Å²) in [5.41, 5.74) is 0.301. The molecule has 2 nitrogen and oxygen atoms in total. The fraction of sp³-hybridized carbons (Fsp3) is 1.00. The second-order valence-corrected chi connectivity index (χ2v) is 8.87. The summed E-state index contributed by atoms with van der Waals surface area (Å²) >= 11 is 0. The van der Waals surface area contributed by atoms with Crippen LogP contribution in [0.4, 0.5) is 0 Å². The second-order valence-electron chi connectivity index (χ2n) is 8.87. The van der Waals surface area contributed by atoms with Gasteiger partial charge in [-0.1, -0.05) is 98.8 Å². The summed E-state index contributed by atoms with van der Waals surface area (Å²) in [7, 11) is 0. The lowest BCUT2D eigenvalue weighted by Gasteiger charge is -2.26. The lowest BCUT2D eigenvalue weighted by molar-refractivity contribution is -0.0363. The van der Waals surface area contributed by atoms with Crippen molar-refractivity contribution in [2.75, 3.05) is 19.8 Å². The van der Waals surface area contributed by atoms with Crippen LogP contribution in [0.5, 0.6) is 0 Å². The van der Waals surface area contributed by atoms with Crippen molar-refractivity contribution in [3.63, 3.8) is 0 Å². The van der Waals surface area contributed by atoms with Crippen LogP contribution in [0, 0.1) is 5.41 Å². The number of rotatable bonds is 18. The molecule has 0 saturated heterocycles. The average Bonchev–Trinajstić information content (AvgIpc) is 2.54. The third-order valence-electron chi connectivity index (χ3n) is 4.64. The van der Waals surface area contributed by atoms with Gasteiger partial charge in [0.25, 0.3) is 0 Å². The highest BCUT2D eigenvalue weighted by atomic mass is 16.5. The highest BCUT2D eigenvalue weighted by molar-refractivity contribution is 4.69. The molecule has 1 atom stereocenters. The van der Waals surface area contributed by atoms with Crippen LogP contribution in [-0.2, 0) is 9.47 Å². The van der Waals surface area contributed by atoms with E-state index in [1.165, 1.54) is 77.0 Å². The topological polar surface area (TPSA) is 18.5 Å². The van der Waals surface area contributed by atoms with Gasteiger partial charge in [0.1, 0.15) is 0 Å². The molecule has 0 heterocycles. The summed E-state index contributed by atoms with van der Waals surface area (Å²) in [6.07, 6.45) is 17.2. The van der Waals surface area contributed by atoms with Gasteiger partial charge in [-0.3, -0.25) is 0 Å². The predicted octanol–water partition coefficient (Wildman–Crippen LogP) is 7.55. The highest BCUT2D eigenvalue weighted by Gasteiger charge is 2.19. The lowest BCUT2D eigenvalue weighted by Crippen LogP contribution is -2.26. The van der Waals surface area contributed by atoms with Gasteiger partial charge in [-0.25, -0.2) is 0 Å². The Balaban J connectivity index is 3.76. The Hall–Kier alpha value is -0.0800. The van der Waals surface area contributed by atoms with E-state index in [1.807, 2.05) is 0 Å². The molecular weight excluding hydrogens is 308 g/mol. The van der Waals surface area contributed by atoms with Crippen LogP contribution in [0.25, 0.3) is 0 Å². The molecule has 2 heteroatoms. The summed E-state index contributed by atoms with van der Waals surface area (Å²) in [5, 5.41) is 0. The van der Waals surface area contributed by atoms with Gasteiger partial charge in [0.15, 0.2) is 0 Å². The standard InChI is InChI=1S/C23H48O2/c1-6-8-10-12-14-16-18-24-21-22(20-23(3,4)5)25-19-17-15-13-11-9-7-2/h22H,6-21H2,1-5H3. The molecule has 0 saturated carbocycles. The first-order valence-electron chi connectivity index (χ1n) is 11.2. The van der Waals surface area contributed by atoms with E-state index in [4.69, 9.17) is 9.47 Å². The summed E-state index contributed by atoms with van der Waals surface area (Å²) in [6, 6.07) is 0. The van der Waals surface area contributed by atoms with Crippen molar-refractivity contribution in [3.05, 3.63) is 0 Å². The van der Waals surface area contributed by atoms with E-state index >= 15 is 0 Å². The monoisotopic (exact) mass is 356 g/mol. The third kappa shape index (κ3) is 20.1. The molecule has 0 rings (SSSR count). The van der Waals surface area contributed by atoms with Crippen LogP contribution in [-0.4, -0.2) is 25.9 Å². The minimum atomic E-state index is 0.260. The SMILES string of the molecule is CCCCCCCCOCC(CC(C)(C)C)OCCCCCCCC. The fourth-order valence-electron chi connectivity index (χ4n) is 3.18. The molecule has 0 amide bonds. The highest BCUT2D eigenvalue weighted by Crippen LogP contribution is 2.23. The van der Waals surface area contributed by atoms with Gasteiger partial charge in [-0.15, -0.1) is 0 Å². The molecule has 0 aliphatic rings. The maximum absolute atomic E-state index is 6.16. The quantitative estimate of drug-likeness (QED) is 0.236. The molecule has 25 heavy (non-hydrogen) atoms. The van der Waals surface area contributed by atoms with Crippen LogP contribution in [0.2, 0.25) is 0 Å². The predicted molar refractivity (Wildman–Crippen MR) is 111 cm³/mol. The van der Waals surface area contributed by atoms with Crippen molar-refractivity contribution < 1.29 is 9.47 Å². The second kappa shape index (κ2) is 17.3. The van der Waals surface area contributed by atoms with Gasteiger partial charge >= 0.3 is 0 Å². The number of hydrogen-bond acceptors (Lipinski definition) is 2. The first-order valence-corrected chi connectivity index (χ1v) is 11.2. The molecule has 152 valence electrons. The zero-order valence-corrected chi connectivity index (χ0v) is 18.2. The Bertz CT molecular complexity index is 257. The van der Waals surface area contributed by atoms with Gasteiger partial charge < -0.3 is 9.47 Å². The molecule has 0 aromatic carbocycles.